The first kappa shape index (κ1) is 31.9. The minimum atomic E-state index is -0.617. The molecule has 12 heteroatoms. The van der Waals surface area contributed by atoms with E-state index >= 15 is 0 Å². The number of nitrogens with zero attached hydrogens (tertiary/aromatic N) is 2. The van der Waals surface area contributed by atoms with Gasteiger partial charge in [-0.3, -0.25) is 14.5 Å². The van der Waals surface area contributed by atoms with Crippen molar-refractivity contribution in [3.05, 3.63) is 82.5 Å². The minimum Gasteiger partial charge on any atom is -0.486 e. The average Bonchev–Trinajstić information content (AvgIpc) is 3.75. The Balaban J connectivity index is 0.964. The molecule has 2 N–H and O–H groups in total. The van der Waals surface area contributed by atoms with Crippen molar-refractivity contribution in [3.8, 4) is 11.5 Å². The SMILES string of the molecule is CC(C)(C)OC(=O)N1C[C@H]2CN(Cc3ccc4cc(C(=O)Nc5cc(NC(=O)c6ccc7c(c6)OCCO7)ccc5F)sc4c3)C[C@H]2C1. The van der Waals surface area contributed by atoms with E-state index in [9.17, 15) is 18.8 Å². The predicted octanol–water partition coefficient (Wildman–Crippen LogP) is 6.61. The Labute approximate surface area is 281 Å². The summed E-state index contributed by atoms with van der Waals surface area (Å²) in [7, 11) is 0. The summed E-state index contributed by atoms with van der Waals surface area (Å²) < 4.78 is 32.4. The number of hydrogen-bond donors (Lipinski definition) is 2. The molecule has 2 fully saturated rings. The molecule has 3 aliphatic heterocycles. The first-order valence-corrected chi connectivity index (χ1v) is 16.8. The molecule has 7 rings (SSSR count). The van der Waals surface area contributed by atoms with Crippen molar-refractivity contribution in [2.45, 2.75) is 32.9 Å². The second-order valence-electron chi connectivity index (χ2n) is 13.5. The standard InChI is InChI=1S/C36H37FN4O6S/c1-36(2,3)47-35(44)41-19-24-17-40(18-25(24)20-41)16-21-4-5-22-14-32(48-31(22)12-21)34(43)39-28-15-26(7-8-27(28)37)38-33(42)23-6-9-29-30(13-23)46-11-10-45-29/h4-9,12-15,24-25H,10-11,16-20H2,1-3H3,(H,38,42)(H,39,43)/t24-,25+. The van der Waals surface area contributed by atoms with Crippen LogP contribution in [0.3, 0.4) is 0 Å². The van der Waals surface area contributed by atoms with Gasteiger partial charge in [-0.1, -0.05) is 12.1 Å². The molecule has 48 heavy (non-hydrogen) atoms. The zero-order valence-corrected chi connectivity index (χ0v) is 27.8. The number of benzene rings is 3. The van der Waals surface area contributed by atoms with E-state index in [2.05, 4.69) is 27.7 Å². The molecule has 1 aromatic heterocycles. The molecule has 0 saturated carbocycles. The van der Waals surface area contributed by atoms with Crippen LogP contribution in [0, 0.1) is 17.7 Å². The molecule has 0 unspecified atom stereocenters. The topological polar surface area (TPSA) is 109 Å². The quantitative estimate of drug-likeness (QED) is 0.237. The Morgan fingerprint density at radius 3 is 2.38 bits per heavy atom. The van der Waals surface area contributed by atoms with Crippen LogP contribution in [0.2, 0.25) is 0 Å². The molecule has 4 aromatic rings. The van der Waals surface area contributed by atoms with Crippen LogP contribution in [0.4, 0.5) is 20.6 Å². The van der Waals surface area contributed by atoms with E-state index < -0.39 is 23.2 Å². The molecule has 2 saturated heterocycles. The number of halogens is 1. The Bertz CT molecular complexity index is 1890. The summed E-state index contributed by atoms with van der Waals surface area (Å²) >= 11 is 1.35. The lowest BCUT2D eigenvalue weighted by atomic mass is 10.0. The fourth-order valence-electron chi connectivity index (χ4n) is 6.51. The number of hydrogen-bond acceptors (Lipinski definition) is 8. The van der Waals surface area contributed by atoms with Crippen molar-refractivity contribution in [1.82, 2.24) is 9.80 Å². The van der Waals surface area contributed by atoms with Crippen molar-refractivity contribution in [2.24, 2.45) is 11.8 Å². The number of rotatable bonds is 6. The van der Waals surface area contributed by atoms with E-state index in [1.54, 1.807) is 24.3 Å². The summed E-state index contributed by atoms with van der Waals surface area (Å²) in [4.78, 5) is 43.4. The maximum atomic E-state index is 14.8. The van der Waals surface area contributed by atoms with E-state index in [0.717, 1.165) is 35.3 Å². The third kappa shape index (κ3) is 6.95. The maximum absolute atomic E-state index is 14.8. The third-order valence-electron chi connectivity index (χ3n) is 8.70. The van der Waals surface area contributed by atoms with Crippen LogP contribution in [-0.2, 0) is 11.3 Å². The van der Waals surface area contributed by atoms with Crippen LogP contribution >= 0.6 is 11.3 Å². The molecule has 3 aromatic carbocycles. The van der Waals surface area contributed by atoms with Crippen LogP contribution in [-0.4, -0.2) is 72.7 Å². The van der Waals surface area contributed by atoms with Gasteiger partial charge >= 0.3 is 6.09 Å². The highest BCUT2D eigenvalue weighted by atomic mass is 32.1. The summed E-state index contributed by atoms with van der Waals surface area (Å²) in [6, 6.07) is 16.9. The molecule has 3 aliphatic rings. The number of carbonyl (C=O) groups excluding carboxylic acids is 3. The first-order valence-electron chi connectivity index (χ1n) is 16.0. The summed E-state index contributed by atoms with van der Waals surface area (Å²) in [5.41, 5.74) is 1.29. The van der Waals surface area contributed by atoms with E-state index in [4.69, 9.17) is 14.2 Å². The second kappa shape index (κ2) is 12.7. The van der Waals surface area contributed by atoms with Gasteiger partial charge in [0.2, 0.25) is 0 Å². The van der Waals surface area contributed by atoms with Gasteiger partial charge in [-0.15, -0.1) is 11.3 Å². The second-order valence-corrected chi connectivity index (χ2v) is 14.6. The Morgan fingerprint density at radius 2 is 1.62 bits per heavy atom. The molecule has 4 heterocycles. The number of ether oxygens (including phenoxy) is 3. The van der Waals surface area contributed by atoms with Crippen LogP contribution in [0.15, 0.2) is 60.7 Å². The van der Waals surface area contributed by atoms with E-state index in [0.29, 0.717) is 65.8 Å². The molecule has 250 valence electrons. The molecular formula is C36H37FN4O6S. The predicted molar refractivity (Wildman–Crippen MR) is 182 cm³/mol. The number of fused-ring (bicyclic) bond motifs is 3. The van der Waals surface area contributed by atoms with Crippen LogP contribution in [0.25, 0.3) is 10.1 Å². The molecular weight excluding hydrogens is 635 g/mol. The molecule has 10 nitrogen and oxygen atoms in total. The van der Waals surface area contributed by atoms with Crippen molar-refractivity contribution in [1.29, 1.82) is 0 Å². The Morgan fingerprint density at radius 1 is 0.875 bits per heavy atom. The number of thiophene rings is 1. The van der Waals surface area contributed by atoms with Gasteiger partial charge in [0.05, 0.1) is 10.6 Å². The van der Waals surface area contributed by atoms with E-state index in [1.807, 2.05) is 31.7 Å². The van der Waals surface area contributed by atoms with Crippen LogP contribution < -0.4 is 20.1 Å². The third-order valence-corrected chi connectivity index (χ3v) is 9.80. The first-order chi connectivity index (χ1) is 23.0. The fourth-order valence-corrected chi connectivity index (χ4v) is 7.53. The highest BCUT2D eigenvalue weighted by molar-refractivity contribution is 7.20. The van der Waals surface area contributed by atoms with Crippen molar-refractivity contribution in [2.75, 3.05) is 50.0 Å². The maximum Gasteiger partial charge on any atom is 0.410 e. The van der Waals surface area contributed by atoms with Gasteiger partial charge in [0.25, 0.3) is 11.8 Å². The van der Waals surface area contributed by atoms with Crippen LogP contribution in [0.1, 0.15) is 46.4 Å². The normalized spacial score (nSPS) is 18.9. The fraction of sp³-hybridized carbons (Fsp3) is 0.361. The summed E-state index contributed by atoms with van der Waals surface area (Å²) in [6.45, 7) is 10.6. The van der Waals surface area contributed by atoms with Gasteiger partial charge in [0.15, 0.2) is 11.5 Å². The molecule has 0 bridgehead atoms. The van der Waals surface area contributed by atoms with Gasteiger partial charge < -0.3 is 29.7 Å². The molecule has 0 spiro atoms. The van der Waals surface area contributed by atoms with Gasteiger partial charge in [-0.05, 0) is 92.1 Å². The Kier molecular flexibility index (Phi) is 8.46. The van der Waals surface area contributed by atoms with Crippen molar-refractivity contribution < 1.29 is 33.0 Å². The van der Waals surface area contributed by atoms with Gasteiger partial charge in [-0.2, -0.15) is 0 Å². The monoisotopic (exact) mass is 672 g/mol. The van der Waals surface area contributed by atoms with Crippen molar-refractivity contribution >= 4 is 50.7 Å². The Hall–Kier alpha value is -4.68. The highest BCUT2D eigenvalue weighted by Gasteiger charge is 2.42. The van der Waals surface area contributed by atoms with E-state index in [-0.39, 0.29) is 11.8 Å². The van der Waals surface area contributed by atoms with Crippen molar-refractivity contribution in [3.63, 3.8) is 0 Å². The number of carbonyl (C=O) groups is 3. The highest BCUT2D eigenvalue weighted by Crippen LogP contribution is 2.35. The zero-order valence-electron chi connectivity index (χ0n) is 27.0. The lowest BCUT2D eigenvalue weighted by Gasteiger charge is -2.26. The largest absolute Gasteiger partial charge is 0.486 e. The number of amides is 3. The molecule has 3 amide bonds. The van der Waals surface area contributed by atoms with Gasteiger partial charge in [0.1, 0.15) is 24.6 Å². The smallest absolute Gasteiger partial charge is 0.410 e. The van der Waals surface area contributed by atoms with E-state index in [1.165, 1.54) is 29.5 Å². The van der Waals surface area contributed by atoms with Crippen LogP contribution in [0.5, 0.6) is 11.5 Å². The van der Waals surface area contributed by atoms with Gasteiger partial charge in [0, 0.05) is 48.7 Å². The molecule has 2 atom stereocenters. The number of likely N-dealkylation sites (tertiary alicyclic amines) is 2. The van der Waals surface area contributed by atoms with Gasteiger partial charge in [-0.25, -0.2) is 9.18 Å². The molecule has 0 radical (unpaired) electrons. The summed E-state index contributed by atoms with van der Waals surface area (Å²) in [6.07, 6.45) is -0.235. The zero-order chi connectivity index (χ0) is 33.6. The summed E-state index contributed by atoms with van der Waals surface area (Å²) in [5.74, 6) is 0.462. The lowest BCUT2D eigenvalue weighted by Crippen LogP contribution is -2.37. The number of nitrogens with one attached hydrogen (secondary N) is 2. The number of anilines is 2. The molecule has 0 aliphatic carbocycles. The lowest BCUT2D eigenvalue weighted by molar-refractivity contribution is 0.0274. The summed E-state index contributed by atoms with van der Waals surface area (Å²) in [5, 5.41) is 6.35. The minimum absolute atomic E-state index is 0.0389. The average molecular weight is 673 g/mol.